The fourth-order valence-corrected chi connectivity index (χ4v) is 3.61. The monoisotopic (exact) mass is 283 g/mol. The lowest BCUT2D eigenvalue weighted by Gasteiger charge is -2.22. The second-order valence-electron chi connectivity index (χ2n) is 5.01. The van der Waals surface area contributed by atoms with Crippen LogP contribution in [-0.2, 0) is 9.84 Å². The summed E-state index contributed by atoms with van der Waals surface area (Å²) in [5.41, 5.74) is 1.94. The molecule has 0 saturated carbocycles. The third kappa shape index (κ3) is 3.70. The van der Waals surface area contributed by atoms with Crippen molar-refractivity contribution in [2.75, 3.05) is 29.5 Å². The van der Waals surface area contributed by atoms with E-state index in [0.717, 1.165) is 17.8 Å². The lowest BCUT2D eigenvalue weighted by atomic mass is 10.1. The predicted molar refractivity (Wildman–Crippen MR) is 77.2 cm³/mol. The van der Waals surface area contributed by atoms with E-state index >= 15 is 0 Å². The standard InChI is InChI=1S/C14H21NO3S/c1-2-14(16)12-4-6-13(7-5-12)15-8-3-10-19(17,18)11-9-15/h4-7,14,16H,2-3,8-11H2,1H3/t14-/m1/s1. The molecule has 1 saturated heterocycles. The molecular formula is C14H21NO3S. The molecule has 0 unspecified atom stereocenters. The Morgan fingerprint density at radius 1 is 1.21 bits per heavy atom. The van der Waals surface area contributed by atoms with E-state index in [4.69, 9.17) is 0 Å². The normalized spacial score (nSPS) is 20.8. The van der Waals surface area contributed by atoms with Gasteiger partial charge < -0.3 is 10.0 Å². The van der Waals surface area contributed by atoms with Crippen LogP contribution in [0.4, 0.5) is 5.69 Å². The van der Waals surface area contributed by atoms with E-state index in [0.29, 0.717) is 19.4 Å². The van der Waals surface area contributed by atoms with Gasteiger partial charge in [0, 0.05) is 18.8 Å². The smallest absolute Gasteiger partial charge is 0.152 e. The Morgan fingerprint density at radius 2 is 1.89 bits per heavy atom. The summed E-state index contributed by atoms with van der Waals surface area (Å²) in [6.45, 7) is 3.27. The van der Waals surface area contributed by atoms with Crippen molar-refractivity contribution in [1.82, 2.24) is 0 Å². The lowest BCUT2D eigenvalue weighted by Crippen LogP contribution is -2.26. The maximum absolute atomic E-state index is 11.6. The van der Waals surface area contributed by atoms with E-state index in [-0.39, 0.29) is 11.5 Å². The first-order chi connectivity index (χ1) is 9.02. The molecule has 0 aliphatic carbocycles. The second-order valence-corrected chi connectivity index (χ2v) is 7.31. The molecule has 0 aromatic heterocycles. The molecule has 1 heterocycles. The van der Waals surface area contributed by atoms with Crippen LogP contribution in [0.2, 0.25) is 0 Å². The van der Waals surface area contributed by atoms with Gasteiger partial charge in [-0.3, -0.25) is 0 Å². The maximum atomic E-state index is 11.6. The number of hydrogen-bond acceptors (Lipinski definition) is 4. The number of anilines is 1. The van der Waals surface area contributed by atoms with Crippen molar-refractivity contribution in [3.63, 3.8) is 0 Å². The van der Waals surface area contributed by atoms with E-state index in [1.165, 1.54) is 0 Å². The molecule has 0 radical (unpaired) electrons. The van der Waals surface area contributed by atoms with Crippen molar-refractivity contribution in [1.29, 1.82) is 0 Å². The van der Waals surface area contributed by atoms with Gasteiger partial charge in [-0.1, -0.05) is 19.1 Å². The number of nitrogens with zero attached hydrogens (tertiary/aromatic N) is 1. The van der Waals surface area contributed by atoms with E-state index in [1.807, 2.05) is 31.2 Å². The fraction of sp³-hybridized carbons (Fsp3) is 0.571. The van der Waals surface area contributed by atoms with Gasteiger partial charge in [-0.05, 0) is 30.5 Å². The highest BCUT2D eigenvalue weighted by Crippen LogP contribution is 2.22. The zero-order valence-electron chi connectivity index (χ0n) is 11.2. The number of benzene rings is 1. The van der Waals surface area contributed by atoms with Crippen LogP contribution in [0.5, 0.6) is 0 Å². The van der Waals surface area contributed by atoms with Crippen molar-refractivity contribution in [2.24, 2.45) is 0 Å². The highest BCUT2D eigenvalue weighted by atomic mass is 32.2. The number of hydrogen-bond donors (Lipinski definition) is 1. The molecule has 1 N–H and O–H groups in total. The van der Waals surface area contributed by atoms with Gasteiger partial charge in [-0.15, -0.1) is 0 Å². The molecule has 5 heteroatoms. The lowest BCUT2D eigenvalue weighted by molar-refractivity contribution is 0.173. The molecule has 1 aliphatic rings. The summed E-state index contributed by atoms with van der Waals surface area (Å²) in [4.78, 5) is 2.10. The van der Waals surface area contributed by atoms with Crippen molar-refractivity contribution in [3.8, 4) is 0 Å². The Balaban J connectivity index is 2.10. The molecular weight excluding hydrogens is 262 g/mol. The molecule has 1 aliphatic heterocycles. The summed E-state index contributed by atoms with van der Waals surface area (Å²) in [6, 6.07) is 7.77. The Hall–Kier alpha value is -1.07. The minimum atomic E-state index is -2.87. The van der Waals surface area contributed by atoms with Crippen LogP contribution < -0.4 is 4.90 Å². The van der Waals surface area contributed by atoms with Gasteiger partial charge in [0.2, 0.25) is 0 Å². The molecule has 0 spiro atoms. The third-order valence-electron chi connectivity index (χ3n) is 3.59. The van der Waals surface area contributed by atoms with Gasteiger partial charge in [0.1, 0.15) is 0 Å². The highest BCUT2D eigenvalue weighted by Gasteiger charge is 2.19. The van der Waals surface area contributed by atoms with Crippen LogP contribution in [-0.4, -0.2) is 38.1 Å². The van der Waals surface area contributed by atoms with Gasteiger partial charge in [0.15, 0.2) is 9.84 Å². The summed E-state index contributed by atoms with van der Waals surface area (Å²) >= 11 is 0. The minimum absolute atomic E-state index is 0.229. The summed E-state index contributed by atoms with van der Waals surface area (Å²) in [5.74, 6) is 0.516. The zero-order valence-corrected chi connectivity index (χ0v) is 12.1. The van der Waals surface area contributed by atoms with Crippen LogP contribution in [0.1, 0.15) is 31.4 Å². The van der Waals surface area contributed by atoms with E-state index in [2.05, 4.69) is 4.90 Å². The van der Waals surface area contributed by atoms with Crippen LogP contribution in [0.3, 0.4) is 0 Å². The molecule has 4 nitrogen and oxygen atoms in total. The Kier molecular flexibility index (Phi) is 4.47. The van der Waals surface area contributed by atoms with E-state index in [9.17, 15) is 13.5 Å². The largest absolute Gasteiger partial charge is 0.388 e. The molecule has 0 bridgehead atoms. The van der Waals surface area contributed by atoms with Crippen molar-refractivity contribution in [3.05, 3.63) is 29.8 Å². The maximum Gasteiger partial charge on any atom is 0.152 e. The molecule has 0 amide bonds. The summed E-state index contributed by atoms with van der Waals surface area (Å²) < 4.78 is 23.1. The molecule has 1 fully saturated rings. The van der Waals surface area contributed by atoms with Crippen LogP contribution in [0.15, 0.2) is 24.3 Å². The van der Waals surface area contributed by atoms with Crippen molar-refractivity contribution >= 4 is 15.5 Å². The first-order valence-electron chi connectivity index (χ1n) is 6.75. The predicted octanol–water partition coefficient (Wildman–Crippen LogP) is 1.75. The van der Waals surface area contributed by atoms with Gasteiger partial charge >= 0.3 is 0 Å². The minimum Gasteiger partial charge on any atom is -0.388 e. The van der Waals surface area contributed by atoms with Gasteiger partial charge in [0.25, 0.3) is 0 Å². The molecule has 106 valence electrons. The second kappa shape index (κ2) is 5.92. The van der Waals surface area contributed by atoms with Crippen molar-refractivity contribution in [2.45, 2.75) is 25.9 Å². The molecule has 19 heavy (non-hydrogen) atoms. The number of aliphatic hydroxyl groups excluding tert-OH is 1. The SMILES string of the molecule is CC[C@@H](O)c1ccc(N2CCCS(=O)(=O)CC2)cc1. The number of aliphatic hydroxyl groups is 1. The highest BCUT2D eigenvalue weighted by molar-refractivity contribution is 7.91. The van der Waals surface area contributed by atoms with E-state index < -0.39 is 15.9 Å². The molecule has 2 rings (SSSR count). The van der Waals surface area contributed by atoms with Crippen LogP contribution >= 0.6 is 0 Å². The van der Waals surface area contributed by atoms with E-state index in [1.54, 1.807) is 0 Å². The first kappa shape index (κ1) is 14.3. The summed E-state index contributed by atoms with van der Waals surface area (Å²) in [5, 5.41) is 9.75. The Bertz CT molecular complexity index is 510. The zero-order chi connectivity index (χ0) is 13.9. The molecule has 1 aromatic carbocycles. The van der Waals surface area contributed by atoms with Crippen LogP contribution in [0, 0.1) is 0 Å². The Morgan fingerprint density at radius 3 is 2.53 bits per heavy atom. The van der Waals surface area contributed by atoms with Gasteiger partial charge in [0.05, 0.1) is 17.6 Å². The van der Waals surface area contributed by atoms with Crippen molar-refractivity contribution < 1.29 is 13.5 Å². The fourth-order valence-electron chi connectivity index (χ4n) is 2.34. The van der Waals surface area contributed by atoms with Gasteiger partial charge in [-0.25, -0.2) is 8.42 Å². The topological polar surface area (TPSA) is 57.6 Å². The summed E-state index contributed by atoms with van der Waals surface area (Å²) in [6.07, 6.45) is 0.960. The van der Waals surface area contributed by atoms with Crippen LogP contribution in [0.25, 0.3) is 0 Å². The average molecular weight is 283 g/mol. The Labute approximate surface area is 115 Å². The summed E-state index contributed by atoms with van der Waals surface area (Å²) in [7, 11) is -2.87. The molecule has 1 atom stereocenters. The first-order valence-corrected chi connectivity index (χ1v) is 8.57. The average Bonchev–Trinajstić information content (AvgIpc) is 2.59. The number of rotatable bonds is 3. The quantitative estimate of drug-likeness (QED) is 0.918. The van der Waals surface area contributed by atoms with Gasteiger partial charge in [-0.2, -0.15) is 0 Å². The molecule has 1 aromatic rings. The third-order valence-corrected chi connectivity index (χ3v) is 5.30. The number of sulfone groups is 1.